The molecule has 1 aromatic rings. The number of rotatable bonds is 5. The van der Waals surface area contributed by atoms with Crippen molar-refractivity contribution in [2.75, 3.05) is 7.05 Å². The Bertz CT molecular complexity index is 382. The molecule has 1 aromatic carbocycles. The molecule has 0 aliphatic heterocycles. The fourth-order valence-electron chi connectivity index (χ4n) is 1.77. The van der Waals surface area contributed by atoms with Crippen LogP contribution in [0.15, 0.2) is 16.6 Å². The summed E-state index contributed by atoms with van der Waals surface area (Å²) >= 11 is 2.98. The van der Waals surface area contributed by atoms with Crippen LogP contribution in [0.3, 0.4) is 0 Å². The first-order valence-corrected chi connectivity index (χ1v) is 6.60. The van der Waals surface area contributed by atoms with Gasteiger partial charge in [0.1, 0.15) is 11.6 Å². The van der Waals surface area contributed by atoms with E-state index in [0.717, 1.165) is 12.8 Å². The highest BCUT2D eigenvalue weighted by Crippen LogP contribution is 2.28. The fourth-order valence-corrected chi connectivity index (χ4v) is 2.09. The summed E-state index contributed by atoms with van der Waals surface area (Å²) < 4.78 is 27.4. The topological polar surface area (TPSA) is 12.0 Å². The quantitative estimate of drug-likeness (QED) is 0.794. The maximum Gasteiger partial charge on any atom is 0.137 e. The number of hydrogen-bond acceptors (Lipinski definition) is 1. The Morgan fingerprint density at radius 2 is 1.94 bits per heavy atom. The lowest BCUT2D eigenvalue weighted by molar-refractivity contribution is 0.408. The monoisotopic (exact) mass is 305 g/mol. The molecule has 1 nitrogen and oxygen atoms in total. The van der Waals surface area contributed by atoms with Crippen molar-refractivity contribution in [2.24, 2.45) is 5.92 Å². The second kappa shape index (κ2) is 6.45. The van der Waals surface area contributed by atoms with Crippen molar-refractivity contribution >= 4 is 15.9 Å². The van der Waals surface area contributed by atoms with Gasteiger partial charge in [0.05, 0.1) is 4.47 Å². The largest absolute Gasteiger partial charge is 0.313 e. The predicted octanol–water partition coefficient (Wildman–Crippen LogP) is 4.42. The second-order valence-corrected chi connectivity index (χ2v) is 5.23. The van der Waals surface area contributed by atoms with E-state index < -0.39 is 5.82 Å². The standard InChI is InChI=1S/C13H18BrF2N/c1-4-8(2)5-13(17-3)9-6-12(16)10(14)7-11(9)15/h6-8,13,17H,4-5H2,1-3H3. The van der Waals surface area contributed by atoms with E-state index in [4.69, 9.17) is 0 Å². The van der Waals surface area contributed by atoms with Crippen molar-refractivity contribution in [3.8, 4) is 0 Å². The Labute approximate surface area is 110 Å². The Hall–Kier alpha value is -0.480. The van der Waals surface area contributed by atoms with Gasteiger partial charge in [-0.05, 0) is 47.4 Å². The number of hydrogen-bond donors (Lipinski definition) is 1. The van der Waals surface area contributed by atoms with Gasteiger partial charge in [-0.25, -0.2) is 8.78 Å². The highest BCUT2D eigenvalue weighted by atomic mass is 79.9. The van der Waals surface area contributed by atoms with Gasteiger partial charge in [-0.2, -0.15) is 0 Å². The van der Waals surface area contributed by atoms with Crippen molar-refractivity contribution in [1.29, 1.82) is 0 Å². The molecule has 0 aromatic heterocycles. The van der Waals surface area contributed by atoms with Crippen molar-refractivity contribution < 1.29 is 8.78 Å². The van der Waals surface area contributed by atoms with E-state index in [0.29, 0.717) is 11.5 Å². The van der Waals surface area contributed by atoms with Crippen LogP contribution >= 0.6 is 15.9 Å². The van der Waals surface area contributed by atoms with Crippen LogP contribution in [0.25, 0.3) is 0 Å². The van der Waals surface area contributed by atoms with Crippen molar-refractivity contribution in [3.63, 3.8) is 0 Å². The van der Waals surface area contributed by atoms with Gasteiger partial charge in [0, 0.05) is 11.6 Å². The van der Waals surface area contributed by atoms with Gasteiger partial charge in [-0.1, -0.05) is 20.3 Å². The summed E-state index contributed by atoms with van der Waals surface area (Å²) in [6, 6.07) is 2.31. The van der Waals surface area contributed by atoms with E-state index in [9.17, 15) is 8.78 Å². The molecule has 96 valence electrons. The van der Waals surface area contributed by atoms with Crippen molar-refractivity contribution in [3.05, 3.63) is 33.8 Å². The third kappa shape index (κ3) is 3.75. The molecular formula is C13H18BrF2N. The molecule has 0 amide bonds. The lowest BCUT2D eigenvalue weighted by atomic mass is 9.94. The highest BCUT2D eigenvalue weighted by Gasteiger charge is 2.18. The highest BCUT2D eigenvalue weighted by molar-refractivity contribution is 9.10. The van der Waals surface area contributed by atoms with Gasteiger partial charge in [-0.15, -0.1) is 0 Å². The minimum atomic E-state index is -0.425. The van der Waals surface area contributed by atoms with Crippen LogP contribution in [-0.4, -0.2) is 7.05 Å². The van der Waals surface area contributed by atoms with Gasteiger partial charge in [-0.3, -0.25) is 0 Å². The molecule has 1 rings (SSSR count). The predicted molar refractivity (Wildman–Crippen MR) is 69.9 cm³/mol. The van der Waals surface area contributed by atoms with Crippen molar-refractivity contribution in [2.45, 2.75) is 32.7 Å². The van der Waals surface area contributed by atoms with Crippen LogP contribution in [0.1, 0.15) is 38.3 Å². The summed E-state index contributed by atoms with van der Waals surface area (Å²) in [6.45, 7) is 4.20. The van der Waals surface area contributed by atoms with Crippen LogP contribution in [0.2, 0.25) is 0 Å². The summed E-state index contributed by atoms with van der Waals surface area (Å²) in [5.74, 6) is -0.328. The first-order chi connectivity index (χ1) is 7.99. The smallest absolute Gasteiger partial charge is 0.137 e. The molecule has 2 unspecified atom stereocenters. The van der Waals surface area contributed by atoms with Crippen LogP contribution in [-0.2, 0) is 0 Å². The minimum absolute atomic E-state index is 0.146. The molecule has 2 atom stereocenters. The Morgan fingerprint density at radius 1 is 1.29 bits per heavy atom. The van der Waals surface area contributed by atoms with Gasteiger partial charge in [0.15, 0.2) is 0 Å². The SMILES string of the molecule is CCC(C)CC(NC)c1cc(F)c(Br)cc1F. The van der Waals surface area contributed by atoms with E-state index in [1.54, 1.807) is 7.05 Å². The van der Waals surface area contributed by atoms with Crippen molar-refractivity contribution in [1.82, 2.24) is 5.32 Å². The summed E-state index contributed by atoms with van der Waals surface area (Å²) in [5, 5.41) is 3.05. The summed E-state index contributed by atoms with van der Waals surface area (Å²) in [7, 11) is 1.77. The zero-order valence-electron chi connectivity index (χ0n) is 10.4. The number of halogens is 3. The van der Waals surface area contributed by atoms with E-state index in [1.807, 2.05) is 0 Å². The van der Waals surface area contributed by atoms with E-state index >= 15 is 0 Å². The van der Waals surface area contributed by atoms with E-state index in [2.05, 4.69) is 35.1 Å². The average Bonchev–Trinajstić information content (AvgIpc) is 2.30. The molecule has 0 aliphatic rings. The molecule has 0 bridgehead atoms. The van der Waals surface area contributed by atoms with Crippen LogP contribution < -0.4 is 5.32 Å². The summed E-state index contributed by atoms with van der Waals surface area (Å²) in [4.78, 5) is 0. The van der Waals surface area contributed by atoms with Gasteiger partial charge in [0.25, 0.3) is 0 Å². The Morgan fingerprint density at radius 3 is 2.47 bits per heavy atom. The lowest BCUT2D eigenvalue weighted by Crippen LogP contribution is -2.20. The van der Waals surface area contributed by atoms with Gasteiger partial charge in [0.2, 0.25) is 0 Å². The Kier molecular flexibility index (Phi) is 5.53. The molecule has 0 radical (unpaired) electrons. The molecule has 1 N–H and O–H groups in total. The van der Waals surface area contributed by atoms with Gasteiger partial charge < -0.3 is 5.32 Å². The maximum absolute atomic E-state index is 13.8. The maximum atomic E-state index is 13.8. The molecule has 0 fully saturated rings. The third-order valence-electron chi connectivity index (χ3n) is 3.10. The number of nitrogens with one attached hydrogen (secondary N) is 1. The molecule has 0 spiro atoms. The molecule has 17 heavy (non-hydrogen) atoms. The fraction of sp³-hybridized carbons (Fsp3) is 0.538. The molecule has 4 heteroatoms. The minimum Gasteiger partial charge on any atom is -0.313 e. The third-order valence-corrected chi connectivity index (χ3v) is 3.71. The van der Waals surface area contributed by atoms with Crippen LogP contribution in [0.4, 0.5) is 8.78 Å². The summed E-state index contributed by atoms with van der Waals surface area (Å²) in [5.41, 5.74) is 0.397. The van der Waals surface area contributed by atoms with Crippen LogP contribution in [0, 0.1) is 17.6 Å². The molecular weight excluding hydrogens is 288 g/mol. The van der Waals surface area contributed by atoms with Gasteiger partial charge >= 0.3 is 0 Å². The molecule has 0 heterocycles. The number of benzene rings is 1. The second-order valence-electron chi connectivity index (χ2n) is 4.38. The normalized spacial score (nSPS) is 14.7. The molecule has 0 saturated heterocycles. The average molecular weight is 306 g/mol. The summed E-state index contributed by atoms with van der Waals surface area (Å²) in [6.07, 6.45) is 1.82. The first-order valence-electron chi connectivity index (χ1n) is 5.81. The van der Waals surface area contributed by atoms with Crippen LogP contribution in [0.5, 0.6) is 0 Å². The zero-order chi connectivity index (χ0) is 13.0. The van der Waals surface area contributed by atoms with E-state index in [1.165, 1.54) is 12.1 Å². The molecule has 0 saturated carbocycles. The zero-order valence-corrected chi connectivity index (χ0v) is 11.9. The Balaban J connectivity index is 2.99. The first kappa shape index (κ1) is 14.6. The van der Waals surface area contributed by atoms with E-state index in [-0.39, 0.29) is 16.3 Å². The molecule has 0 aliphatic carbocycles. The lowest BCUT2D eigenvalue weighted by Gasteiger charge is -2.21.